The van der Waals surface area contributed by atoms with Crippen LogP contribution in [0.3, 0.4) is 0 Å². The molecule has 0 unspecified atom stereocenters. The summed E-state index contributed by atoms with van der Waals surface area (Å²) in [6.07, 6.45) is 20.6. The van der Waals surface area contributed by atoms with Crippen LogP contribution < -0.4 is 0 Å². The van der Waals surface area contributed by atoms with E-state index in [1.807, 2.05) is 9.80 Å². The van der Waals surface area contributed by atoms with Crippen LogP contribution in [0.1, 0.15) is 25.7 Å². The van der Waals surface area contributed by atoms with Crippen LogP contribution >= 0.6 is 0 Å². The lowest BCUT2D eigenvalue weighted by Crippen LogP contribution is -2.39. The van der Waals surface area contributed by atoms with Gasteiger partial charge in [-0.05, 0) is 0 Å². The lowest BCUT2D eigenvalue weighted by atomic mass is 10.3. The average Bonchev–Trinajstić information content (AvgIpc) is 2.88. The Morgan fingerprint density at radius 1 is 0.444 bits per heavy atom. The summed E-state index contributed by atoms with van der Waals surface area (Å²) < 4.78 is 19.5. The third kappa shape index (κ3) is 18.5. The Labute approximate surface area is 212 Å². The molecule has 36 heavy (non-hydrogen) atoms. The van der Waals surface area contributed by atoms with Crippen molar-refractivity contribution in [3.63, 3.8) is 0 Å². The molecule has 0 aliphatic heterocycles. The number of carbonyl (C=O) groups is 4. The van der Waals surface area contributed by atoms with Crippen molar-refractivity contribution in [2.45, 2.75) is 25.7 Å². The van der Waals surface area contributed by atoms with Gasteiger partial charge in [0, 0.05) is 39.3 Å². The summed E-state index contributed by atoms with van der Waals surface area (Å²) in [5, 5.41) is 0. The van der Waals surface area contributed by atoms with Crippen molar-refractivity contribution in [3.05, 3.63) is 0 Å². The first-order chi connectivity index (χ1) is 17.4. The van der Waals surface area contributed by atoms with Crippen molar-refractivity contribution in [1.82, 2.24) is 9.80 Å². The molecule has 0 aromatic rings. The Balaban J connectivity index is 5.07. The van der Waals surface area contributed by atoms with E-state index in [0.717, 1.165) is 0 Å². The number of esters is 4. The van der Waals surface area contributed by atoms with Gasteiger partial charge in [-0.2, -0.15) is 0 Å². The molecule has 0 heterocycles. The summed E-state index contributed by atoms with van der Waals surface area (Å²) in [6, 6.07) is 0. The van der Waals surface area contributed by atoms with Gasteiger partial charge in [-0.3, -0.25) is 19.2 Å². The molecule has 0 radical (unpaired) electrons. The van der Waals surface area contributed by atoms with Gasteiger partial charge in [-0.1, -0.05) is 23.7 Å². The van der Waals surface area contributed by atoms with Gasteiger partial charge in [0.25, 0.3) is 0 Å². The van der Waals surface area contributed by atoms with Crippen molar-refractivity contribution in [3.8, 4) is 49.4 Å². The highest BCUT2D eigenvalue weighted by Gasteiger charge is 2.16. The van der Waals surface area contributed by atoms with Gasteiger partial charge in [-0.15, -0.1) is 25.7 Å². The van der Waals surface area contributed by atoms with E-state index in [1.165, 1.54) is 0 Å². The molecular formula is C26H32N2O8. The molecule has 10 heteroatoms. The molecular weight excluding hydrogens is 468 g/mol. The summed E-state index contributed by atoms with van der Waals surface area (Å²) in [4.78, 5) is 51.1. The Kier molecular flexibility index (Phi) is 19.2. The molecule has 0 aromatic heterocycles. The average molecular weight is 501 g/mol. The van der Waals surface area contributed by atoms with Gasteiger partial charge in [0.2, 0.25) is 0 Å². The van der Waals surface area contributed by atoms with Crippen LogP contribution in [0.5, 0.6) is 0 Å². The zero-order chi connectivity index (χ0) is 27.0. The summed E-state index contributed by atoms with van der Waals surface area (Å²) in [7, 11) is 0. The van der Waals surface area contributed by atoms with E-state index < -0.39 is 23.9 Å². The predicted molar refractivity (Wildman–Crippen MR) is 131 cm³/mol. The topological polar surface area (TPSA) is 112 Å². The van der Waals surface area contributed by atoms with E-state index in [9.17, 15) is 19.2 Å². The summed E-state index contributed by atoms with van der Waals surface area (Å²) in [5.74, 6) is 6.98. The van der Waals surface area contributed by atoms with Crippen molar-refractivity contribution < 1.29 is 38.1 Å². The quantitative estimate of drug-likeness (QED) is 0.135. The van der Waals surface area contributed by atoms with E-state index >= 15 is 0 Å². The highest BCUT2D eigenvalue weighted by Crippen LogP contribution is 2.03. The number of hydrogen-bond donors (Lipinski definition) is 0. The molecule has 0 aliphatic rings. The maximum absolute atomic E-state index is 11.9. The molecule has 0 spiro atoms. The van der Waals surface area contributed by atoms with Gasteiger partial charge in [0.1, 0.15) is 0 Å². The van der Waals surface area contributed by atoms with E-state index in [2.05, 4.69) is 23.7 Å². The Morgan fingerprint density at radius 3 is 0.861 bits per heavy atom. The van der Waals surface area contributed by atoms with E-state index in [0.29, 0.717) is 13.1 Å². The molecule has 0 rings (SSSR count). The minimum atomic E-state index is -0.475. The molecule has 0 amide bonds. The second-order valence-electron chi connectivity index (χ2n) is 7.14. The minimum absolute atomic E-state index is 0.0535. The van der Waals surface area contributed by atoms with E-state index in [-0.39, 0.29) is 78.3 Å². The monoisotopic (exact) mass is 500 g/mol. The lowest BCUT2D eigenvalue weighted by Gasteiger charge is -2.27. The molecule has 0 saturated heterocycles. The Bertz CT molecular complexity index is 732. The number of ether oxygens (including phenoxy) is 4. The van der Waals surface area contributed by atoms with Crippen LogP contribution in [0.2, 0.25) is 0 Å². The summed E-state index contributed by atoms with van der Waals surface area (Å²) >= 11 is 0. The number of terminal acetylenes is 4. The fourth-order valence-corrected chi connectivity index (χ4v) is 2.73. The first kappa shape index (κ1) is 32.0. The highest BCUT2D eigenvalue weighted by molar-refractivity contribution is 5.71. The summed E-state index contributed by atoms with van der Waals surface area (Å²) in [5.41, 5.74) is 0. The van der Waals surface area contributed by atoms with Gasteiger partial charge in [0.15, 0.2) is 26.4 Å². The maximum Gasteiger partial charge on any atom is 0.308 e. The van der Waals surface area contributed by atoms with E-state index in [4.69, 9.17) is 44.6 Å². The summed E-state index contributed by atoms with van der Waals surface area (Å²) in [6.45, 7) is 1.44. The molecule has 0 aliphatic carbocycles. The number of carbonyl (C=O) groups excluding carboxylic acids is 4. The molecule has 0 N–H and O–H groups in total. The van der Waals surface area contributed by atoms with Gasteiger partial charge < -0.3 is 28.7 Å². The Morgan fingerprint density at radius 2 is 0.667 bits per heavy atom. The van der Waals surface area contributed by atoms with Crippen molar-refractivity contribution >= 4 is 23.9 Å². The smallest absolute Gasteiger partial charge is 0.308 e. The van der Waals surface area contributed by atoms with Crippen LogP contribution in [-0.4, -0.2) is 99.4 Å². The van der Waals surface area contributed by atoms with Crippen LogP contribution in [0.4, 0.5) is 0 Å². The lowest BCUT2D eigenvalue weighted by molar-refractivity contribution is -0.144. The molecule has 10 nitrogen and oxygen atoms in total. The third-order valence-corrected chi connectivity index (χ3v) is 4.53. The largest absolute Gasteiger partial charge is 0.452 e. The molecule has 0 aromatic carbocycles. The zero-order valence-electron chi connectivity index (χ0n) is 20.4. The number of nitrogens with zero attached hydrogens (tertiary/aromatic N) is 2. The first-order valence-corrected chi connectivity index (χ1v) is 11.2. The fraction of sp³-hybridized carbons (Fsp3) is 0.538. The third-order valence-electron chi connectivity index (χ3n) is 4.53. The van der Waals surface area contributed by atoms with Crippen molar-refractivity contribution in [2.75, 3.05) is 65.7 Å². The van der Waals surface area contributed by atoms with E-state index in [1.54, 1.807) is 0 Å². The zero-order valence-corrected chi connectivity index (χ0v) is 20.4. The number of rotatable bonds is 19. The van der Waals surface area contributed by atoms with Crippen LogP contribution in [0, 0.1) is 49.4 Å². The van der Waals surface area contributed by atoms with Gasteiger partial charge >= 0.3 is 23.9 Å². The molecule has 0 bridgehead atoms. The molecule has 0 saturated carbocycles. The number of hydrogen-bond acceptors (Lipinski definition) is 10. The van der Waals surface area contributed by atoms with Crippen molar-refractivity contribution in [1.29, 1.82) is 0 Å². The molecule has 0 atom stereocenters. The first-order valence-electron chi connectivity index (χ1n) is 11.2. The minimum Gasteiger partial charge on any atom is -0.452 e. The molecule has 0 fully saturated rings. The normalized spacial score (nSPS) is 9.83. The van der Waals surface area contributed by atoms with Gasteiger partial charge in [-0.25, -0.2) is 0 Å². The maximum atomic E-state index is 11.9. The highest BCUT2D eigenvalue weighted by atomic mass is 16.5. The van der Waals surface area contributed by atoms with Gasteiger partial charge in [0.05, 0.1) is 25.7 Å². The van der Waals surface area contributed by atoms with Crippen LogP contribution in [-0.2, 0) is 38.1 Å². The van der Waals surface area contributed by atoms with Crippen LogP contribution in [0.15, 0.2) is 0 Å². The Hall–Kier alpha value is -3.96. The van der Waals surface area contributed by atoms with Crippen LogP contribution in [0.25, 0.3) is 0 Å². The standard InChI is InChI=1S/C26H32N2O8/c1-5-19-33-23(29)9-13-27(14-10-24(30)34-20-6-2)17-18-28(15-11-25(31)35-21-7-3)16-12-26(32)36-22-8-4/h1-4H,9-22H2. The fourth-order valence-electron chi connectivity index (χ4n) is 2.73. The van der Waals surface area contributed by atoms with Crippen molar-refractivity contribution in [2.24, 2.45) is 0 Å². The second kappa shape index (κ2) is 21.6. The SMILES string of the molecule is C#CCOC(=O)CCN(CCC(=O)OCC#C)CCN(CCC(=O)OCC#C)CCC(=O)OCC#C. The molecule has 194 valence electrons. The second-order valence-corrected chi connectivity index (χ2v) is 7.14. The predicted octanol–water partition coefficient (Wildman–Crippen LogP) is -0.144.